The molecule has 1 aliphatic heterocycles. The molecule has 0 spiro atoms. The maximum Gasteiger partial charge on any atom is 0.251 e. The van der Waals surface area contributed by atoms with Gasteiger partial charge < -0.3 is 15.8 Å². The van der Waals surface area contributed by atoms with Gasteiger partial charge in [0.1, 0.15) is 0 Å². The molecule has 1 aromatic carbocycles. The zero-order valence-electron chi connectivity index (χ0n) is 10.0. The van der Waals surface area contributed by atoms with E-state index >= 15 is 0 Å². The number of aryl methyl sites for hydroxylation is 1. The number of carbonyl (C=O) groups is 1. The van der Waals surface area contributed by atoms with Crippen LogP contribution in [0.5, 0.6) is 0 Å². The van der Waals surface area contributed by atoms with Crippen LogP contribution >= 0.6 is 0 Å². The Morgan fingerprint density at radius 1 is 1.53 bits per heavy atom. The Morgan fingerprint density at radius 3 is 3.06 bits per heavy atom. The number of ether oxygens (including phenoxy) is 1. The highest BCUT2D eigenvalue weighted by Crippen LogP contribution is 2.14. The first kappa shape index (κ1) is 11.9. The van der Waals surface area contributed by atoms with Gasteiger partial charge in [-0.3, -0.25) is 4.79 Å². The fourth-order valence-electron chi connectivity index (χ4n) is 2.00. The van der Waals surface area contributed by atoms with E-state index in [9.17, 15) is 4.79 Å². The van der Waals surface area contributed by atoms with E-state index in [4.69, 9.17) is 10.5 Å². The van der Waals surface area contributed by atoms with Gasteiger partial charge in [-0.2, -0.15) is 0 Å². The van der Waals surface area contributed by atoms with E-state index < -0.39 is 0 Å². The van der Waals surface area contributed by atoms with E-state index in [2.05, 4.69) is 5.32 Å². The van der Waals surface area contributed by atoms with Crippen molar-refractivity contribution in [3.8, 4) is 0 Å². The largest absolute Gasteiger partial charge is 0.399 e. The maximum absolute atomic E-state index is 12.1. The third-order valence-electron chi connectivity index (χ3n) is 3.00. The molecule has 17 heavy (non-hydrogen) atoms. The molecule has 1 saturated heterocycles. The summed E-state index contributed by atoms with van der Waals surface area (Å²) in [7, 11) is 0. The van der Waals surface area contributed by atoms with Crippen LogP contribution in [0.2, 0.25) is 0 Å². The molecule has 1 atom stereocenters. The smallest absolute Gasteiger partial charge is 0.251 e. The van der Waals surface area contributed by atoms with Crippen molar-refractivity contribution in [2.24, 2.45) is 0 Å². The molecule has 0 aromatic heterocycles. The molecule has 1 amide bonds. The van der Waals surface area contributed by atoms with Crippen LogP contribution in [-0.2, 0) is 4.74 Å². The fraction of sp³-hybridized carbons (Fsp3) is 0.462. The average molecular weight is 234 g/mol. The number of hydrogen-bond acceptors (Lipinski definition) is 3. The van der Waals surface area contributed by atoms with Gasteiger partial charge in [-0.25, -0.2) is 0 Å². The second-order valence-corrected chi connectivity index (χ2v) is 4.46. The molecule has 1 heterocycles. The molecular formula is C13H18N2O2. The van der Waals surface area contributed by atoms with Gasteiger partial charge in [-0.1, -0.05) is 6.07 Å². The van der Waals surface area contributed by atoms with Gasteiger partial charge in [0.15, 0.2) is 0 Å². The van der Waals surface area contributed by atoms with Crippen molar-refractivity contribution in [2.75, 3.05) is 18.9 Å². The number of benzene rings is 1. The van der Waals surface area contributed by atoms with Gasteiger partial charge in [-0.15, -0.1) is 0 Å². The van der Waals surface area contributed by atoms with Crippen molar-refractivity contribution in [1.82, 2.24) is 5.32 Å². The number of nitrogens with two attached hydrogens (primary N) is 1. The molecule has 0 radical (unpaired) electrons. The molecule has 3 N–H and O–H groups in total. The Labute approximate surface area is 101 Å². The van der Waals surface area contributed by atoms with Gasteiger partial charge in [0.25, 0.3) is 5.91 Å². The van der Waals surface area contributed by atoms with Gasteiger partial charge >= 0.3 is 0 Å². The molecule has 1 aliphatic rings. The predicted molar refractivity (Wildman–Crippen MR) is 66.9 cm³/mol. The quantitative estimate of drug-likeness (QED) is 0.762. The van der Waals surface area contributed by atoms with E-state index in [1.54, 1.807) is 12.1 Å². The lowest BCUT2D eigenvalue weighted by Crippen LogP contribution is -2.40. The van der Waals surface area contributed by atoms with Crippen LogP contribution in [0.1, 0.15) is 28.8 Å². The van der Waals surface area contributed by atoms with Crippen molar-refractivity contribution in [2.45, 2.75) is 25.8 Å². The predicted octanol–water partition coefficient (Wildman–Crippen LogP) is 1.49. The van der Waals surface area contributed by atoms with Crippen molar-refractivity contribution >= 4 is 11.6 Å². The first-order chi connectivity index (χ1) is 8.16. The molecule has 92 valence electrons. The Balaban J connectivity index is 2.05. The first-order valence-corrected chi connectivity index (χ1v) is 5.91. The molecular weight excluding hydrogens is 216 g/mol. The fourth-order valence-corrected chi connectivity index (χ4v) is 2.00. The van der Waals surface area contributed by atoms with E-state index in [1.807, 2.05) is 13.0 Å². The van der Waals surface area contributed by atoms with Gasteiger partial charge in [0.05, 0.1) is 12.6 Å². The number of nitrogens with one attached hydrogen (secondary N) is 1. The SMILES string of the molecule is Cc1ccc(N)cc1C(=O)NC1CCCOC1. The number of rotatable bonds is 2. The van der Waals surface area contributed by atoms with Crippen LogP contribution in [0.15, 0.2) is 18.2 Å². The molecule has 1 aromatic rings. The van der Waals surface area contributed by atoms with Gasteiger partial charge in [0.2, 0.25) is 0 Å². The minimum absolute atomic E-state index is 0.0645. The van der Waals surface area contributed by atoms with E-state index in [0.29, 0.717) is 17.9 Å². The lowest BCUT2D eigenvalue weighted by Gasteiger charge is -2.23. The molecule has 1 fully saturated rings. The summed E-state index contributed by atoms with van der Waals surface area (Å²) in [5.74, 6) is -0.0645. The molecule has 0 saturated carbocycles. The summed E-state index contributed by atoms with van der Waals surface area (Å²) in [5, 5.41) is 2.98. The average Bonchev–Trinajstić information content (AvgIpc) is 2.33. The molecule has 4 nitrogen and oxygen atoms in total. The van der Waals surface area contributed by atoms with Gasteiger partial charge in [0, 0.05) is 17.9 Å². The Bertz CT molecular complexity index is 412. The lowest BCUT2D eigenvalue weighted by molar-refractivity contribution is 0.0624. The zero-order valence-corrected chi connectivity index (χ0v) is 10.0. The molecule has 4 heteroatoms. The number of hydrogen-bond donors (Lipinski definition) is 2. The Kier molecular flexibility index (Phi) is 3.64. The van der Waals surface area contributed by atoms with E-state index in [0.717, 1.165) is 25.0 Å². The van der Waals surface area contributed by atoms with E-state index in [1.165, 1.54) is 0 Å². The third kappa shape index (κ3) is 2.97. The summed E-state index contributed by atoms with van der Waals surface area (Å²) < 4.78 is 5.33. The summed E-state index contributed by atoms with van der Waals surface area (Å²) in [6.07, 6.45) is 1.98. The highest BCUT2D eigenvalue weighted by atomic mass is 16.5. The van der Waals surface area contributed by atoms with Crippen LogP contribution in [0.4, 0.5) is 5.69 Å². The molecule has 0 aliphatic carbocycles. The Hall–Kier alpha value is -1.55. The van der Waals surface area contributed by atoms with E-state index in [-0.39, 0.29) is 11.9 Å². The highest BCUT2D eigenvalue weighted by molar-refractivity contribution is 5.96. The van der Waals surface area contributed by atoms with Crippen LogP contribution in [0.3, 0.4) is 0 Å². The number of nitrogen functional groups attached to an aromatic ring is 1. The number of carbonyl (C=O) groups excluding carboxylic acids is 1. The summed E-state index contributed by atoms with van der Waals surface area (Å²) in [6, 6.07) is 5.50. The summed E-state index contributed by atoms with van der Waals surface area (Å²) in [5.41, 5.74) is 7.89. The molecule has 0 bridgehead atoms. The van der Waals surface area contributed by atoms with Crippen LogP contribution in [0, 0.1) is 6.92 Å². The van der Waals surface area contributed by atoms with Gasteiger partial charge in [-0.05, 0) is 37.5 Å². The monoisotopic (exact) mass is 234 g/mol. The lowest BCUT2D eigenvalue weighted by atomic mass is 10.1. The third-order valence-corrected chi connectivity index (χ3v) is 3.00. The summed E-state index contributed by atoms with van der Waals surface area (Å²) in [4.78, 5) is 12.1. The van der Waals surface area contributed by atoms with Crippen molar-refractivity contribution in [3.63, 3.8) is 0 Å². The first-order valence-electron chi connectivity index (χ1n) is 5.91. The minimum atomic E-state index is -0.0645. The van der Waals surface area contributed by atoms with Crippen molar-refractivity contribution < 1.29 is 9.53 Å². The van der Waals surface area contributed by atoms with Crippen LogP contribution < -0.4 is 11.1 Å². The Morgan fingerprint density at radius 2 is 2.35 bits per heavy atom. The number of amides is 1. The van der Waals surface area contributed by atoms with Crippen molar-refractivity contribution in [3.05, 3.63) is 29.3 Å². The maximum atomic E-state index is 12.1. The highest BCUT2D eigenvalue weighted by Gasteiger charge is 2.18. The standard InChI is InChI=1S/C13H18N2O2/c1-9-4-5-10(14)7-12(9)13(16)15-11-3-2-6-17-8-11/h4-5,7,11H,2-3,6,8,14H2,1H3,(H,15,16). The van der Waals surface area contributed by atoms with Crippen molar-refractivity contribution in [1.29, 1.82) is 0 Å². The minimum Gasteiger partial charge on any atom is -0.399 e. The summed E-state index contributed by atoms with van der Waals surface area (Å²) >= 11 is 0. The molecule has 1 unspecified atom stereocenters. The zero-order chi connectivity index (χ0) is 12.3. The normalized spacial score (nSPS) is 19.9. The number of anilines is 1. The summed E-state index contributed by atoms with van der Waals surface area (Å²) in [6.45, 7) is 3.31. The second-order valence-electron chi connectivity index (χ2n) is 4.46. The van der Waals surface area contributed by atoms with Crippen LogP contribution in [0.25, 0.3) is 0 Å². The second kappa shape index (κ2) is 5.19. The van der Waals surface area contributed by atoms with Crippen LogP contribution in [-0.4, -0.2) is 25.2 Å². The molecule has 2 rings (SSSR count). The topological polar surface area (TPSA) is 64.4 Å².